The molecule has 0 radical (unpaired) electrons. The van der Waals surface area contributed by atoms with Crippen molar-refractivity contribution in [3.8, 4) is 0 Å². The SMILES string of the molecule is Cc1nc(CNc2ccc(Cl)cc2C(=O)N2CCCC2)c(C)s1. The van der Waals surface area contributed by atoms with Crippen LogP contribution < -0.4 is 5.32 Å². The highest BCUT2D eigenvalue weighted by atomic mass is 35.5. The van der Waals surface area contributed by atoms with E-state index in [2.05, 4.69) is 17.2 Å². The molecule has 1 aromatic carbocycles. The first-order valence-electron chi connectivity index (χ1n) is 7.80. The lowest BCUT2D eigenvalue weighted by molar-refractivity contribution is 0.0793. The molecule has 0 aliphatic carbocycles. The Kier molecular flexibility index (Phi) is 4.87. The Balaban J connectivity index is 1.81. The number of thiazole rings is 1. The van der Waals surface area contributed by atoms with Gasteiger partial charge in [-0.15, -0.1) is 11.3 Å². The number of nitrogens with zero attached hydrogens (tertiary/aromatic N) is 2. The molecule has 2 heterocycles. The number of hydrogen-bond acceptors (Lipinski definition) is 4. The summed E-state index contributed by atoms with van der Waals surface area (Å²) in [6.07, 6.45) is 2.15. The van der Waals surface area contributed by atoms with E-state index in [1.807, 2.05) is 24.0 Å². The van der Waals surface area contributed by atoms with Gasteiger partial charge < -0.3 is 10.2 Å². The largest absolute Gasteiger partial charge is 0.379 e. The van der Waals surface area contributed by atoms with Crippen LogP contribution >= 0.6 is 22.9 Å². The van der Waals surface area contributed by atoms with Crippen molar-refractivity contribution in [3.05, 3.63) is 44.4 Å². The van der Waals surface area contributed by atoms with Crippen LogP contribution in [-0.2, 0) is 6.54 Å². The molecular formula is C17H20ClN3OS. The Morgan fingerprint density at radius 2 is 2.09 bits per heavy atom. The number of carbonyl (C=O) groups excluding carboxylic acids is 1. The second-order valence-corrected chi connectivity index (χ2v) is 7.62. The predicted molar refractivity (Wildman–Crippen MR) is 95.5 cm³/mol. The van der Waals surface area contributed by atoms with Crippen molar-refractivity contribution in [1.82, 2.24) is 9.88 Å². The van der Waals surface area contributed by atoms with Crippen molar-refractivity contribution in [2.24, 2.45) is 0 Å². The zero-order valence-electron chi connectivity index (χ0n) is 13.4. The van der Waals surface area contributed by atoms with Crippen molar-refractivity contribution in [1.29, 1.82) is 0 Å². The summed E-state index contributed by atoms with van der Waals surface area (Å²) >= 11 is 7.79. The monoisotopic (exact) mass is 349 g/mol. The molecule has 1 N–H and O–H groups in total. The predicted octanol–water partition coefficient (Wildman–Crippen LogP) is 4.26. The van der Waals surface area contributed by atoms with E-state index in [1.165, 1.54) is 4.88 Å². The van der Waals surface area contributed by atoms with Crippen LogP contribution in [0.25, 0.3) is 0 Å². The van der Waals surface area contributed by atoms with Gasteiger partial charge in [0.15, 0.2) is 0 Å². The number of amides is 1. The lowest BCUT2D eigenvalue weighted by atomic mass is 10.1. The topological polar surface area (TPSA) is 45.2 Å². The molecule has 0 atom stereocenters. The second-order valence-electron chi connectivity index (χ2n) is 5.78. The summed E-state index contributed by atoms with van der Waals surface area (Å²) in [6.45, 7) is 6.34. The van der Waals surface area contributed by atoms with Crippen molar-refractivity contribution in [2.75, 3.05) is 18.4 Å². The number of hydrogen-bond donors (Lipinski definition) is 1. The molecule has 1 fully saturated rings. The number of anilines is 1. The van der Waals surface area contributed by atoms with Crippen LogP contribution in [0.3, 0.4) is 0 Å². The summed E-state index contributed by atoms with van der Waals surface area (Å²) in [6, 6.07) is 5.44. The molecule has 1 aliphatic rings. The van der Waals surface area contributed by atoms with Gasteiger partial charge in [0.1, 0.15) is 0 Å². The van der Waals surface area contributed by atoms with E-state index >= 15 is 0 Å². The van der Waals surface area contributed by atoms with Crippen molar-refractivity contribution < 1.29 is 4.79 Å². The molecule has 4 nitrogen and oxygen atoms in total. The van der Waals surface area contributed by atoms with E-state index in [-0.39, 0.29) is 5.91 Å². The summed E-state index contributed by atoms with van der Waals surface area (Å²) in [7, 11) is 0. The number of aryl methyl sites for hydroxylation is 2. The molecule has 1 aliphatic heterocycles. The van der Waals surface area contributed by atoms with Crippen LogP contribution in [-0.4, -0.2) is 28.9 Å². The average Bonchev–Trinajstić information content (AvgIpc) is 3.15. The van der Waals surface area contributed by atoms with Gasteiger partial charge in [0, 0.05) is 28.7 Å². The lowest BCUT2D eigenvalue weighted by Gasteiger charge is -2.18. The van der Waals surface area contributed by atoms with Gasteiger partial charge in [-0.2, -0.15) is 0 Å². The third-order valence-electron chi connectivity index (χ3n) is 4.05. The molecule has 23 heavy (non-hydrogen) atoms. The van der Waals surface area contributed by atoms with Crippen LogP contribution in [0.15, 0.2) is 18.2 Å². The van der Waals surface area contributed by atoms with Crippen molar-refractivity contribution in [3.63, 3.8) is 0 Å². The number of nitrogens with one attached hydrogen (secondary N) is 1. The smallest absolute Gasteiger partial charge is 0.256 e. The Bertz CT molecular complexity index is 723. The summed E-state index contributed by atoms with van der Waals surface area (Å²) in [5.74, 6) is 0.0543. The van der Waals surface area contributed by atoms with Crippen LogP contribution in [0.5, 0.6) is 0 Å². The van der Waals surface area contributed by atoms with Crippen LogP contribution in [0, 0.1) is 13.8 Å². The van der Waals surface area contributed by atoms with Crippen LogP contribution in [0.2, 0.25) is 5.02 Å². The van der Waals surface area contributed by atoms with E-state index in [9.17, 15) is 4.79 Å². The molecule has 0 unspecified atom stereocenters. The van der Waals surface area contributed by atoms with Gasteiger partial charge in [0.05, 0.1) is 22.8 Å². The van der Waals surface area contributed by atoms with Crippen molar-refractivity contribution in [2.45, 2.75) is 33.2 Å². The third-order valence-corrected chi connectivity index (χ3v) is 5.21. The van der Waals surface area contributed by atoms with Gasteiger partial charge >= 0.3 is 0 Å². The fraction of sp³-hybridized carbons (Fsp3) is 0.412. The highest BCUT2D eigenvalue weighted by molar-refractivity contribution is 7.11. The van der Waals surface area contributed by atoms with E-state index in [0.717, 1.165) is 42.3 Å². The zero-order chi connectivity index (χ0) is 16.4. The van der Waals surface area contributed by atoms with Crippen LogP contribution in [0.1, 0.15) is 38.8 Å². The number of likely N-dealkylation sites (tertiary alicyclic amines) is 1. The Hall–Kier alpha value is -1.59. The Morgan fingerprint density at radius 1 is 1.35 bits per heavy atom. The van der Waals surface area contributed by atoms with Gasteiger partial charge in [-0.1, -0.05) is 11.6 Å². The van der Waals surface area contributed by atoms with Crippen molar-refractivity contribution >= 4 is 34.5 Å². The zero-order valence-corrected chi connectivity index (χ0v) is 14.9. The molecular weight excluding hydrogens is 330 g/mol. The van der Waals surface area contributed by atoms with Gasteiger partial charge in [-0.05, 0) is 44.9 Å². The summed E-state index contributed by atoms with van der Waals surface area (Å²) in [5.41, 5.74) is 2.49. The number of rotatable bonds is 4. The van der Waals surface area contributed by atoms with Gasteiger partial charge in [-0.3, -0.25) is 4.79 Å². The maximum absolute atomic E-state index is 12.7. The molecule has 6 heteroatoms. The summed E-state index contributed by atoms with van der Waals surface area (Å²) in [4.78, 5) is 20.3. The molecule has 2 aromatic rings. The fourth-order valence-electron chi connectivity index (χ4n) is 2.85. The number of aromatic nitrogens is 1. The lowest BCUT2D eigenvalue weighted by Crippen LogP contribution is -2.28. The first-order chi connectivity index (χ1) is 11.0. The minimum absolute atomic E-state index is 0.0543. The summed E-state index contributed by atoms with van der Waals surface area (Å²) in [5, 5.41) is 4.99. The molecule has 0 saturated carbocycles. The van der Waals surface area contributed by atoms with E-state index < -0.39 is 0 Å². The van der Waals surface area contributed by atoms with Gasteiger partial charge in [0.25, 0.3) is 5.91 Å². The van der Waals surface area contributed by atoms with E-state index in [4.69, 9.17) is 11.6 Å². The molecule has 122 valence electrons. The average molecular weight is 350 g/mol. The highest BCUT2D eigenvalue weighted by Crippen LogP contribution is 2.25. The minimum Gasteiger partial charge on any atom is -0.379 e. The van der Waals surface area contributed by atoms with E-state index in [1.54, 1.807) is 17.4 Å². The second kappa shape index (κ2) is 6.89. The van der Waals surface area contributed by atoms with Gasteiger partial charge in [-0.25, -0.2) is 4.98 Å². The minimum atomic E-state index is 0.0543. The molecule has 1 amide bonds. The van der Waals surface area contributed by atoms with E-state index in [0.29, 0.717) is 17.1 Å². The first kappa shape index (κ1) is 16.3. The fourth-order valence-corrected chi connectivity index (χ4v) is 3.86. The molecule has 0 bridgehead atoms. The number of halogens is 1. The molecule has 1 saturated heterocycles. The molecule has 3 rings (SSSR count). The normalized spacial score (nSPS) is 14.3. The number of benzene rings is 1. The maximum atomic E-state index is 12.7. The maximum Gasteiger partial charge on any atom is 0.256 e. The standard InChI is InChI=1S/C17H20ClN3OS/c1-11-16(20-12(2)23-11)10-19-15-6-5-13(18)9-14(15)17(22)21-7-3-4-8-21/h5-6,9,19H,3-4,7-8,10H2,1-2H3. The summed E-state index contributed by atoms with van der Waals surface area (Å²) < 4.78 is 0. The first-order valence-corrected chi connectivity index (χ1v) is 8.99. The molecule has 1 aromatic heterocycles. The quantitative estimate of drug-likeness (QED) is 0.896. The highest BCUT2D eigenvalue weighted by Gasteiger charge is 2.22. The van der Waals surface area contributed by atoms with Gasteiger partial charge in [0.2, 0.25) is 0 Å². The third kappa shape index (κ3) is 3.67. The molecule has 0 spiro atoms. The van der Waals surface area contributed by atoms with Crippen LogP contribution in [0.4, 0.5) is 5.69 Å². The Labute approximate surface area is 145 Å². The Morgan fingerprint density at radius 3 is 2.74 bits per heavy atom. The number of carbonyl (C=O) groups is 1.